The molecule has 1 aromatic rings. The molecule has 6 heteroatoms. The van der Waals surface area contributed by atoms with E-state index in [1.807, 2.05) is 0 Å². The molecule has 0 aromatic carbocycles. The Bertz CT molecular complexity index is 388. The van der Waals surface area contributed by atoms with Gasteiger partial charge in [0, 0.05) is 6.54 Å². The minimum absolute atomic E-state index is 0.100. The molecule has 0 saturated carbocycles. The van der Waals surface area contributed by atoms with Crippen LogP contribution in [0.1, 0.15) is 23.9 Å². The molecule has 1 rings (SSSR count). The molecule has 0 spiro atoms. The highest BCUT2D eigenvalue weighted by molar-refractivity contribution is 9.10. The molecule has 5 nitrogen and oxygen atoms in total. The number of aliphatic carboxylic acids is 1. The third-order valence-corrected chi connectivity index (χ3v) is 2.57. The van der Waals surface area contributed by atoms with Crippen molar-refractivity contribution in [1.82, 2.24) is 5.32 Å². The maximum atomic E-state index is 11.5. The summed E-state index contributed by atoms with van der Waals surface area (Å²) in [4.78, 5) is 22.2. The molecule has 0 bridgehead atoms. The predicted octanol–water partition coefficient (Wildman–Crippen LogP) is 1.88. The summed E-state index contributed by atoms with van der Waals surface area (Å²) in [6, 6.07) is 3.12. The number of amides is 1. The molecular formula is C10H12BrNO4. The summed E-state index contributed by atoms with van der Waals surface area (Å²) >= 11 is 3.08. The zero-order valence-electron chi connectivity index (χ0n) is 8.70. The molecule has 0 aliphatic carbocycles. The van der Waals surface area contributed by atoms with E-state index in [2.05, 4.69) is 21.2 Å². The second-order valence-corrected chi connectivity index (χ2v) is 4.04. The SMILES string of the molecule is CCC(CNC(=O)c1ccc(Br)o1)C(=O)O. The van der Waals surface area contributed by atoms with Gasteiger partial charge in [-0.25, -0.2) is 0 Å². The van der Waals surface area contributed by atoms with Crippen LogP contribution in [0.5, 0.6) is 0 Å². The van der Waals surface area contributed by atoms with Gasteiger partial charge in [-0.05, 0) is 34.5 Å². The molecule has 1 amide bonds. The molecule has 1 atom stereocenters. The minimum Gasteiger partial charge on any atom is -0.481 e. The van der Waals surface area contributed by atoms with Gasteiger partial charge in [0.2, 0.25) is 0 Å². The summed E-state index contributed by atoms with van der Waals surface area (Å²) < 4.78 is 5.49. The smallest absolute Gasteiger partial charge is 0.308 e. The van der Waals surface area contributed by atoms with Crippen LogP contribution < -0.4 is 5.32 Å². The first kappa shape index (κ1) is 12.8. The first-order valence-electron chi connectivity index (χ1n) is 4.81. The van der Waals surface area contributed by atoms with E-state index in [1.165, 1.54) is 6.07 Å². The number of carboxylic acid groups (broad SMARTS) is 1. The first-order valence-corrected chi connectivity index (χ1v) is 5.60. The Labute approximate surface area is 101 Å². The lowest BCUT2D eigenvalue weighted by atomic mass is 10.1. The highest BCUT2D eigenvalue weighted by Crippen LogP contribution is 2.13. The Kier molecular flexibility index (Phi) is 4.54. The highest BCUT2D eigenvalue weighted by atomic mass is 79.9. The number of carbonyl (C=O) groups excluding carboxylic acids is 1. The van der Waals surface area contributed by atoms with Gasteiger partial charge < -0.3 is 14.8 Å². The van der Waals surface area contributed by atoms with E-state index in [0.29, 0.717) is 11.1 Å². The van der Waals surface area contributed by atoms with Crippen molar-refractivity contribution < 1.29 is 19.1 Å². The lowest BCUT2D eigenvalue weighted by molar-refractivity contribution is -0.141. The monoisotopic (exact) mass is 289 g/mol. The number of rotatable bonds is 5. The molecule has 2 N–H and O–H groups in total. The van der Waals surface area contributed by atoms with Crippen molar-refractivity contribution in [3.8, 4) is 0 Å². The zero-order valence-corrected chi connectivity index (χ0v) is 10.3. The van der Waals surface area contributed by atoms with Crippen molar-refractivity contribution in [1.29, 1.82) is 0 Å². The summed E-state index contributed by atoms with van der Waals surface area (Å²) in [7, 11) is 0. The molecule has 0 saturated heterocycles. The van der Waals surface area contributed by atoms with Gasteiger partial charge in [-0.3, -0.25) is 9.59 Å². The van der Waals surface area contributed by atoms with Crippen molar-refractivity contribution in [3.63, 3.8) is 0 Å². The quantitative estimate of drug-likeness (QED) is 0.867. The third kappa shape index (κ3) is 3.37. The van der Waals surface area contributed by atoms with Crippen LogP contribution in [0.15, 0.2) is 21.2 Å². The molecule has 0 fully saturated rings. The summed E-state index contributed by atoms with van der Waals surface area (Å²) in [5, 5.41) is 11.3. The van der Waals surface area contributed by atoms with E-state index in [-0.39, 0.29) is 12.3 Å². The van der Waals surface area contributed by atoms with Crippen LogP contribution in [-0.2, 0) is 4.79 Å². The normalized spacial score (nSPS) is 12.1. The van der Waals surface area contributed by atoms with Crippen LogP contribution in [0, 0.1) is 5.92 Å². The van der Waals surface area contributed by atoms with Gasteiger partial charge in [0.15, 0.2) is 10.4 Å². The second kappa shape index (κ2) is 5.69. The predicted molar refractivity (Wildman–Crippen MR) is 60.2 cm³/mol. The van der Waals surface area contributed by atoms with Gasteiger partial charge in [-0.1, -0.05) is 6.92 Å². The zero-order chi connectivity index (χ0) is 12.1. The van der Waals surface area contributed by atoms with Crippen molar-refractivity contribution in [3.05, 3.63) is 22.6 Å². The van der Waals surface area contributed by atoms with E-state index in [4.69, 9.17) is 9.52 Å². The molecule has 0 aliphatic rings. The lowest BCUT2D eigenvalue weighted by Crippen LogP contribution is -2.32. The average molecular weight is 290 g/mol. The van der Waals surface area contributed by atoms with Crippen molar-refractivity contribution in [2.45, 2.75) is 13.3 Å². The van der Waals surface area contributed by atoms with Gasteiger partial charge in [0.25, 0.3) is 5.91 Å². The van der Waals surface area contributed by atoms with Crippen LogP contribution in [0.25, 0.3) is 0 Å². The van der Waals surface area contributed by atoms with Gasteiger partial charge in [0.05, 0.1) is 5.92 Å². The van der Waals surface area contributed by atoms with Crippen molar-refractivity contribution >= 4 is 27.8 Å². The Morgan fingerprint density at radius 2 is 2.25 bits per heavy atom. The Morgan fingerprint density at radius 3 is 2.69 bits per heavy atom. The molecule has 16 heavy (non-hydrogen) atoms. The molecule has 88 valence electrons. The fourth-order valence-corrected chi connectivity index (χ4v) is 1.45. The molecular weight excluding hydrogens is 278 g/mol. The molecule has 0 radical (unpaired) electrons. The van der Waals surface area contributed by atoms with Crippen LogP contribution in [0.2, 0.25) is 0 Å². The fourth-order valence-electron chi connectivity index (χ4n) is 1.15. The number of carboxylic acids is 1. The van der Waals surface area contributed by atoms with Gasteiger partial charge in [-0.15, -0.1) is 0 Å². The molecule has 1 unspecified atom stereocenters. The average Bonchev–Trinajstić information content (AvgIpc) is 2.65. The highest BCUT2D eigenvalue weighted by Gasteiger charge is 2.17. The maximum absolute atomic E-state index is 11.5. The largest absolute Gasteiger partial charge is 0.481 e. The van der Waals surface area contributed by atoms with E-state index in [0.717, 1.165) is 0 Å². The third-order valence-electron chi connectivity index (χ3n) is 2.15. The van der Waals surface area contributed by atoms with Gasteiger partial charge in [0.1, 0.15) is 0 Å². The van der Waals surface area contributed by atoms with Crippen molar-refractivity contribution in [2.24, 2.45) is 5.92 Å². The standard InChI is InChI=1S/C10H12BrNO4/c1-2-6(10(14)15)5-12-9(13)7-3-4-8(11)16-7/h3-4,6H,2,5H2,1H3,(H,12,13)(H,14,15). The summed E-state index contributed by atoms with van der Waals surface area (Å²) in [6.45, 7) is 1.86. The van der Waals surface area contributed by atoms with Crippen LogP contribution in [-0.4, -0.2) is 23.5 Å². The molecule has 1 aromatic heterocycles. The van der Waals surface area contributed by atoms with E-state index < -0.39 is 17.8 Å². The van der Waals surface area contributed by atoms with E-state index in [1.54, 1.807) is 13.0 Å². The number of nitrogens with one attached hydrogen (secondary N) is 1. The second-order valence-electron chi connectivity index (χ2n) is 3.26. The van der Waals surface area contributed by atoms with Crippen LogP contribution >= 0.6 is 15.9 Å². The molecule has 0 aliphatic heterocycles. The number of hydrogen-bond acceptors (Lipinski definition) is 3. The summed E-state index contributed by atoms with van der Waals surface area (Å²) in [5.74, 6) is -1.73. The topological polar surface area (TPSA) is 79.5 Å². The lowest BCUT2D eigenvalue weighted by Gasteiger charge is -2.09. The minimum atomic E-state index is -0.913. The van der Waals surface area contributed by atoms with E-state index in [9.17, 15) is 9.59 Å². The fraction of sp³-hybridized carbons (Fsp3) is 0.400. The van der Waals surface area contributed by atoms with Crippen LogP contribution in [0.3, 0.4) is 0 Å². The Morgan fingerprint density at radius 1 is 1.56 bits per heavy atom. The summed E-state index contributed by atoms with van der Waals surface area (Å²) in [6.07, 6.45) is 0.470. The van der Waals surface area contributed by atoms with Crippen LogP contribution in [0.4, 0.5) is 0 Å². The van der Waals surface area contributed by atoms with Gasteiger partial charge >= 0.3 is 5.97 Å². The number of halogens is 1. The first-order chi connectivity index (χ1) is 7.54. The number of furan rings is 1. The van der Waals surface area contributed by atoms with Gasteiger partial charge in [-0.2, -0.15) is 0 Å². The number of hydrogen-bond donors (Lipinski definition) is 2. The van der Waals surface area contributed by atoms with Crippen molar-refractivity contribution in [2.75, 3.05) is 6.54 Å². The Hall–Kier alpha value is -1.30. The Balaban J connectivity index is 2.49. The summed E-state index contributed by atoms with van der Waals surface area (Å²) in [5.41, 5.74) is 0. The number of carbonyl (C=O) groups is 2. The maximum Gasteiger partial charge on any atom is 0.308 e. The van der Waals surface area contributed by atoms with E-state index >= 15 is 0 Å². The molecule has 1 heterocycles.